The van der Waals surface area contributed by atoms with Gasteiger partial charge in [-0.05, 0) is 36.8 Å². The van der Waals surface area contributed by atoms with Gasteiger partial charge < -0.3 is 14.4 Å². The number of esters is 1. The highest BCUT2D eigenvalue weighted by molar-refractivity contribution is 6.30. The van der Waals surface area contributed by atoms with E-state index in [1.807, 2.05) is 31.2 Å². The van der Waals surface area contributed by atoms with Crippen LogP contribution in [0, 0.1) is 6.92 Å². The van der Waals surface area contributed by atoms with Crippen molar-refractivity contribution in [3.05, 3.63) is 64.7 Å². The van der Waals surface area contributed by atoms with Crippen LogP contribution in [-0.2, 0) is 20.9 Å². The summed E-state index contributed by atoms with van der Waals surface area (Å²) in [5.41, 5.74) is 2.13. The average molecular weight is 376 g/mol. The van der Waals surface area contributed by atoms with Crippen molar-refractivity contribution in [3.63, 3.8) is 0 Å². The van der Waals surface area contributed by atoms with Crippen LogP contribution in [0.25, 0.3) is 0 Å². The molecule has 0 aliphatic heterocycles. The van der Waals surface area contributed by atoms with E-state index in [-0.39, 0.29) is 31.4 Å². The van der Waals surface area contributed by atoms with E-state index in [1.54, 1.807) is 29.2 Å². The Balaban J connectivity index is 2.00. The highest BCUT2D eigenvalue weighted by atomic mass is 35.5. The third kappa shape index (κ3) is 6.41. The van der Waals surface area contributed by atoms with E-state index in [2.05, 4.69) is 4.74 Å². The molecule has 0 spiro atoms. The number of halogens is 1. The standard InChI is InChI=1S/C20H22ClNO4/c1-15-3-5-16(6-4-15)13-22(12-11-20(24)25-2)19(23)14-26-18-9-7-17(21)8-10-18/h3-10H,11-14H2,1-2H3. The number of hydrogen-bond acceptors (Lipinski definition) is 4. The SMILES string of the molecule is COC(=O)CCN(Cc1ccc(C)cc1)C(=O)COc1ccc(Cl)cc1. The lowest BCUT2D eigenvalue weighted by Gasteiger charge is -2.22. The van der Waals surface area contributed by atoms with Crippen molar-refractivity contribution in [3.8, 4) is 5.75 Å². The molecule has 0 unspecified atom stereocenters. The molecule has 1 amide bonds. The lowest BCUT2D eigenvalue weighted by Crippen LogP contribution is -2.36. The van der Waals surface area contributed by atoms with Crippen LogP contribution >= 0.6 is 11.6 Å². The molecule has 0 fully saturated rings. The second-order valence-electron chi connectivity index (χ2n) is 5.87. The topological polar surface area (TPSA) is 55.8 Å². The van der Waals surface area contributed by atoms with Crippen LogP contribution in [0.2, 0.25) is 5.02 Å². The summed E-state index contributed by atoms with van der Waals surface area (Å²) >= 11 is 5.84. The first-order chi connectivity index (χ1) is 12.5. The van der Waals surface area contributed by atoms with Gasteiger partial charge in [-0.15, -0.1) is 0 Å². The van der Waals surface area contributed by atoms with E-state index in [1.165, 1.54) is 7.11 Å². The molecule has 0 aliphatic carbocycles. The summed E-state index contributed by atoms with van der Waals surface area (Å²) in [7, 11) is 1.33. The summed E-state index contributed by atoms with van der Waals surface area (Å²) in [5.74, 6) is 0.000701. The third-order valence-corrected chi connectivity index (χ3v) is 4.09. The van der Waals surface area contributed by atoms with Gasteiger partial charge in [0.05, 0.1) is 13.5 Å². The van der Waals surface area contributed by atoms with Crippen LogP contribution in [0.1, 0.15) is 17.5 Å². The van der Waals surface area contributed by atoms with Gasteiger partial charge >= 0.3 is 5.97 Å². The highest BCUT2D eigenvalue weighted by Gasteiger charge is 2.16. The van der Waals surface area contributed by atoms with Crippen molar-refractivity contribution in [1.82, 2.24) is 4.90 Å². The fraction of sp³-hybridized carbons (Fsp3) is 0.300. The number of aryl methyl sites for hydroxylation is 1. The zero-order chi connectivity index (χ0) is 18.9. The van der Waals surface area contributed by atoms with Gasteiger partial charge in [0.25, 0.3) is 5.91 Å². The molecule has 0 bridgehead atoms. The Hall–Kier alpha value is -2.53. The second-order valence-corrected chi connectivity index (χ2v) is 6.31. The van der Waals surface area contributed by atoms with Crippen molar-refractivity contribution in [2.75, 3.05) is 20.3 Å². The number of rotatable bonds is 8. The molecule has 26 heavy (non-hydrogen) atoms. The van der Waals surface area contributed by atoms with Crippen LogP contribution in [0.4, 0.5) is 0 Å². The molecule has 0 atom stereocenters. The number of carbonyl (C=O) groups excluding carboxylic acids is 2. The summed E-state index contributed by atoms with van der Waals surface area (Å²) < 4.78 is 10.2. The summed E-state index contributed by atoms with van der Waals surface area (Å²) in [6.45, 7) is 2.56. The number of methoxy groups -OCH3 is 1. The summed E-state index contributed by atoms with van der Waals surface area (Å²) in [6, 6.07) is 14.7. The molecule has 138 valence electrons. The van der Waals surface area contributed by atoms with Crippen molar-refractivity contribution in [2.45, 2.75) is 19.9 Å². The van der Waals surface area contributed by atoms with Gasteiger partial charge in [0.15, 0.2) is 6.61 Å². The van der Waals surface area contributed by atoms with Gasteiger partial charge in [0.2, 0.25) is 0 Å². The van der Waals surface area contributed by atoms with E-state index in [0.29, 0.717) is 17.3 Å². The molecule has 5 nitrogen and oxygen atoms in total. The van der Waals surface area contributed by atoms with Crippen molar-refractivity contribution in [1.29, 1.82) is 0 Å². The monoisotopic (exact) mass is 375 g/mol. The van der Waals surface area contributed by atoms with Gasteiger partial charge in [-0.1, -0.05) is 41.4 Å². The lowest BCUT2D eigenvalue weighted by atomic mass is 10.1. The summed E-state index contributed by atoms with van der Waals surface area (Å²) in [4.78, 5) is 25.6. The minimum absolute atomic E-state index is 0.116. The Morgan fingerprint density at radius 2 is 1.69 bits per heavy atom. The van der Waals surface area contributed by atoms with Gasteiger partial charge in [0.1, 0.15) is 5.75 Å². The normalized spacial score (nSPS) is 10.3. The lowest BCUT2D eigenvalue weighted by molar-refractivity contribution is -0.142. The fourth-order valence-electron chi connectivity index (χ4n) is 2.30. The number of benzene rings is 2. The first kappa shape index (κ1) is 19.8. The van der Waals surface area contributed by atoms with Crippen molar-refractivity contribution in [2.24, 2.45) is 0 Å². The van der Waals surface area contributed by atoms with E-state index in [4.69, 9.17) is 16.3 Å². The zero-order valence-corrected chi connectivity index (χ0v) is 15.7. The number of nitrogens with zero attached hydrogens (tertiary/aromatic N) is 1. The predicted molar refractivity (Wildman–Crippen MR) is 100 cm³/mol. The summed E-state index contributed by atoms with van der Waals surface area (Å²) in [5, 5.41) is 0.600. The Morgan fingerprint density at radius 3 is 2.31 bits per heavy atom. The molecule has 0 N–H and O–H groups in total. The Bertz CT molecular complexity index is 728. The maximum absolute atomic E-state index is 12.6. The maximum atomic E-state index is 12.6. The Labute approximate surface area is 158 Å². The second kappa shape index (κ2) is 9.82. The largest absolute Gasteiger partial charge is 0.484 e. The third-order valence-electron chi connectivity index (χ3n) is 3.84. The van der Waals surface area contributed by atoms with E-state index in [9.17, 15) is 9.59 Å². The molecule has 0 aromatic heterocycles. The first-order valence-electron chi connectivity index (χ1n) is 8.26. The van der Waals surface area contributed by atoms with Crippen LogP contribution in [0.3, 0.4) is 0 Å². The number of amides is 1. The summed E-state index contributed by atoms with van der Waals surface area (Å²) in [6.07, 6.45) is 0.134. The molecule has 0 saturated carbocycles. The van der Waals surface area contributed by atoms with Gasteiger partial charge in [-0.25, -0.2) is 0 Å². The smallest absolute Gasteiger partial charge is 0.307 e. The van der Waals surface area contributed by atoms with Gasteiger partial charge in [-0.3, -0.25) is 9.59 Å². The van der Waals surface area contributed by atoms with Crippen molar-refractivity contribution >= 4 is 23.5 Å². The Morgan fingerprint density at radius 1 is 1.04 bits per heavy atom. The minimum Gasteiger partial charge on any atom is -0.484 e. The maximum Gasteiger partial charge on any atom is 0.307 e. The van der Waals surface area contributed by atoms with Crippen LogP contribution in [-0.4, -0.2) is 37.0 Å². The van der Waals surface area contributed by atoms with Gasteiger partial charge in [0, 0.05) is 18.1 Å². The fourth-order valence-corrected chi connectivity index (χ4v) is 2.43. The van der Waals surface area contributed by atoms with Crippen LogP contribution < -0.4 is 4.74 Å². The number of ether oxygens (including phenoxy) is 2. The number of carbonyl (C=O) groups is 2. The number of hydrogen-bond donors (Lipinski definition) is 0. The molecule has 2 rings (SSSR count). The van der Waals surface area contributed by atoms with Crippen molar-refractivity contribution < 1.29 is 19.1 Å². The molecule has 2 aromatic carbocycles. The molecule has 0 saturated heterocycles. The van der Waals surface area contributed by atoms with E-state index >= 15 is 0 Å². The molecular formula is C20H22ClNO4. The Kier molecular flexibility index (Phi) is 7.48. The minimum atomic E-state index is -0.356. The molecule has 6 heteroatoms. The van der Waals surface area contributed by atoms with E-state index < -0.39 is 0 Å². The highest BCUT2D eigenvalue weighted by Crippen LogP contribution is 2.16. The van der Waals surface area contributed by atoms with Crippen LogP contribution in [0.15, 0.2) is 48.5 Å². The molecule has 0 radical (unpaired) electrons. The van der Waals surface area contributed by atoms with Gasteiger partial charge in [-0.2, -0.15) is 0 Å². The first-order valence-corrected chi connectivity index (χ1v) is 8.64. The molecule has 0 aliphatic rings. The van der Waals surface area contributed by atoms with Crippen LogP contribution in [0.5, 0.6) is 5.75 Å². The average Bonchev–Trinajstić information content (AvgIpc) is 2.65. The molecule has 2 aromatic rings. The van der Waals surface area contributed by atoms with E-state index in [0.717, 1.165) is 11.1 Å². The quantitative estimate of drug-likeness (QED) is 0.661. The molecule has 0 heterocycles. The zero-order valence-electron chi connectivity index (χ0n) is 14.9. The predicted octanol–water partition coefficient (Wildman–Crippen LogP) is 3.62. The molecular weight excluding hydrogens is 354 g/mol.